The first-order chi connectivity index (χ1) is 9.33. The van der Waals surface area contributed by atoms with Gasteiger partial charge in [-0.25, -0.2) is 0 Å². The van der Waals surface area contributed by atoms with E-state index >= 15 is 0 Å². The third-order valence-corrected chi connectivity index (χ3v) is 5.01. The van der Waals surface area contributed by atoms with Gasteiger partial charge in [-0.1, -0.05) is 15.9 Å². The minimum absolute atomic E-state index is 0.0642. The third-order valence-electron chi connectivity index (χ3n) is 3.83. The van der Waals surface area contributed by atoms with E-state index in [1.807, 2.05) is 12.1 Å². The fourth-order valence-electron chi connectivity index (χ4n) is 2.25. The maximum absolute atomic E-state index is 12.5. The number of hydrogen-bond acceptors (Lipinski definition) is 2. The van der Waals surface area contributed by atoms with Crippen LogP contribution < -0.4 is 0 Å². The lowest BCUT2D eigenvalue weighted by atomic mass is 9.80. The maximum atomic E-state index is 12.5. The number of benzene rings is 1. The Balaban J connectivity index is 2.13. The summed E-state index contributed by atoms with van der Waals surface area (Å²) >= 11 is 6.74. The van der Waals surface area contributed by atoms with Crippen LogP contribution in [-0.4, -0.2) is 35.0 Å². The van der Waals surface area contributed by atoms with Crippen molar-refractivity contribution in [2.24, 2.45) is 5.41 Å². The molecule has 2 rings (SSSR count). The molecule has 1 aliphatic heterocycles. The molecule has 1 N–H and O–H groups in total. The summed E-state index contributed by atoms with van der Waals surface area (Å²) in [5.41, 5.74) is -0.121. The lowest BCUT2D eigenvalue weighted by molar-refractivity contribution is -0.150. The summed E-state index contributed by atoms with van der Waals surface area (Å²) in [5, 5.41) is 9.20. The Morgan fingerprint density at radius 1 is 1.25 bits per heavy atom. The normalized spacial score (nSPS) is 17.9. The van der Waals surface area contributed by atoms with Crippen LogP contribution in [0.5, 0.6) is 0 Å². The number of carboxylic acids is 1. The smallest absolute Gasteiger partial charge is 0.309 e. The molecule has 0 aromatic heterocycles. The van der Waals surface area contributed by atoms with Crippen LogP contribution in [0, 0.1) is 5.41 Å². The van der Waals surface area contributed by atoms with Crippen LogP contribution in [0.2, 0.25) is 0 Å². The molecule has 20 heavy (non-hydrogen) atoms. The Kier molecular flexibility index (Phi) is 4.54. The van der Waals surface area contributed by atoms with Crippen molar-refractivity contribution in [3.63, 3.8) is 0 Å². The highest BCUT2D eigenvalue weighted by Crippen LogP contribution is 2.32. The van der Waals surface area contributed by atoms with Gasteiger partial charge in [0.25, 0.3) is 5.91 Å². The molecule has 1 aromatic rings. The largest absolute Gasteiger partial charge is 0.481 e. The maximum Gasteiger partial charge on any atom is 0.309 e. The van der Waals surface area contributed by atoms with Gasteiger partial charge in [-0.15, -0.1) is 0 Å². The van der Waals surface area contributed by atoms with Crippen molar-refractivity contribution >= 4 is 43.7 Å². The minimum atomic E-state index is -0.784. The first-order valence-electron chi connectivity index (χ1n) is 6.31. The van der Waals surface area contributed by atoms with E-state index in [4.69, 9.17) is 0 Å². The second kappa shape index (κ2) is 5.85. The Morgan fingerprint density at radius 3 is 2.40 bits per heavy atom. The fourth-order valence-corrected chi connectivity index (χ4v) is 3.03. The van der Waals surface area contributed by atoms with Gasteiger partial charge in [0.2, 0.25) is 0 Å². The van der Waals surface area contributed by atoms with Gasteiger partial charge in [-0.2, -0.15) is 0 Å². The quantitative estimate of drug-likeness (QED) is 0.820. The van der Waals surface area contributed by atoms with Gasteiger partial charge in [-0.3, -0.25) is 9.59 Å². The van der Waals surface area contributed by atoms with E-state index in [9.17, 15) is 14.7 Å². The van der Waals surface area contributed by atoms with E-state index < -0.39 is 11.4 Å². The van der Waals surface area contributed by atoms with Gasteiger partial charge in [0.15, 0.2) is 0 Å². The topological polar surface area (TPSA) is 57.6 Å². The van der Waals surface area contributed by atoms with Crippen LogP contribution in [-0.2, 0) is 4.79 Å². The zero-order valence-electron chi connectivity index (χ0n) is 11.0. The predicted molar refractivity (Wildman–Crippen MR) is 82.7 cm³/mol. The Bertz CT molecular complexity index is 551. The Labute approximate surface area is 134 Å². The summed E-state index contributed by atoms with van der Waals surface area (Å²) in [6.45, 7) is 2.69. The second-order valence-corrected chi connectivity index (χ2v) is 7.05. The van der Waals surface area contributed by atoms with Crippen molar-refractivity contribution in [2.75, 3.05) is 13.1 Å². The summed E-state index contributed by atoms with van der Waals surface area (Å²) < 4.78 is 1.59. The average molecular weight is 405 g/mol. The summed E-state index contributed by atoms with van der Waals surface area (Å²) in [4.78, 5) is 25.4. The first kappa shape index (κ1) is 15.5. The summed E-state index contributed by atoms with van der Waals surface area (Å²) in [6, 6.07) is 5.46. The molecule has 0 atom stereocenters. The molecule has 6 heteroatoms. The van der Waals surface area contributed by atoms with Crippen molar-refractivity contribution in [1.29, 1.82) is 0 Å². The molecule has 0 radical (unpaired) electrons. The van der Waals surface area contributed by atoms with Crippen LogP contribution in [0.4, 0.5) is 0 Å². The molecular formula is C14H15Br2NO3. The van der Waals surface area contributed by atoms with E-state index in [-0.39, 0.29) is 5.91 Å². The number of hydrogen-bond donors (Lipinski definition) is 1. The van der Waals surface area contributed by atoms with Gasteiger partial charge in [-0.05, 0) is 53.9 Å². The molecular weight excluding hydrogens is 390 g/mol. The highest BCUT2D eigenvalue weighted by Gasteiger charge is 2.38. The van der Waals surface area contributed by atoms with Crippen LogP contribution in [0.15, 0.2) is 27.1 Å². The number of piperidine rings is 1. The second-order valence-electron chi connectivity index (χ2n) is 5.28. The van der Waals surface area contributed by atoms with Crippen molar-refractivity contribution in [2.45, 2.75) is 19.8 Å². The lowest BCUT2D eigenvalue weighted by Crippen LogP contribution is -2.45. The van der Waals surface area contributed by atoms with Crippen LogP contribution >= 0.6 is 31.9 Å². The lowest BCUT2D eigenvalue weighted by Gasteiger charge is -2.36. The molecule has 1 fully saturated rings. The number of likely N-dealkylation sites (tertiary alicyclic amines) is 1. The number of carbonyl (C=O) groups is 2. The van der Waals surface area contributed by atoms with Gasteiger partial charge in [0.1, 0.15) is 0 Å². The Morgan fingerprint density at radius 2 is 1.85 bits per heavy atom. The van der Waals surface area contributed by atoms with Crippen molar-refractivity contribution < 1.29 is 14.7 Å². The van der Waals surface area contributed by atoms with E-state index in [0.29, 0.717) is 31.5 Å². The fraction of sp³-hybridized carbons (Fsp3) is 0.429. The number of aliphatic carboxylic acids is 1. The molecule has 1 saturated heterocycles. The summed E-state index contributed by atoms with van der Waals surface area (Å²) in [5.74, 6) is -0.848. The molecule has 1 aromatic carbocycles. The zero-order valence-corrected chi connectivity index (χ0v) is 14.2. The van der Waals surface area contributed by atoms with Crippen molar-refractivity contribution in [3.8, 4) is 0 Å². The molecule has 4 nitrogen and oxygen atoms in total. The standard InChI is InChI=1S/C14H15Br2NO3/c1-14(13(19)20)4-6-17(7-5-14)12(18)10-8-9(15)2-3-11(10)16/h2-3,8H,4-7H2,1H3,(H,19,20). The predicted octanol–water partition coefficient (Wildman–Crippen LogP) is 3.54. The molecule has 108 valence electrons. The SMILES string of the molecule is CC1(C(=O)O)CCN(C(=O)c2cc(Br)ccc2Br)CC1. The van der Waals surface area contributed by atoms with Crippen LogP contribution in [0.1, 0.15) is 30.1 Å². The molecule has 0 spiro atoms. The Hall–Kier alpha value is -0.880. The van der Waals surface area contributed by atoms with Gasteiger partial charge in [0.05, 0.1) is 11.0 Å². The van der Waals surface area contributed by atoms with Crippen LogP contribution in [0.25, 0.3) is 0 Å². The number of carbonyl (C=O) groups excluding carboxylic acids is 1. The van der Waals surface area contributed by atoms with Crippen molar-refractivity contribution in [3.05, 3.63) is 32.7 Å². The number of carboxylic acid groups (broad SMARTS) is 1. The highest BCUT2D eigenvalue weighted by molar-refractivity contribution is 9.11. The number of rotatable bonds is 2. The number of amides is 1. The van der Waals surface area contributed by atoms with Gasteiger partial charge in [0, 0.05) is 22.0 Å². The van der Waals surface area contributed by atoms with E-state index in [1.54, 1.807) is 17.9 Å². The molecule has 1 heterocycles. The van der Waals surface area contributed by atoms with E-state index in [2.05, 4.69) is 31.9 Å². The first-order valence-corrected chi connectivity index (χ1v) is 7.90. The number of nitrogens with zero attached hydrogens (tertiary/aromatic N) is 1. The molecule has 1 amide bonds. The summed E-state index contributed by atoms with van der Waals surface area (Å²) in [7, 11) is 0. The monoisotopic (exact) mass is 403 g/mol. The molecule has 0 aliphatic carbocycles. The zero-order chi connectivity index (χ0) is 14.9. The van der Waals surface area contributed by atoms with Gasteiger partial charge < -0.3 is 10.0 Å². The van der Waals surface area contributed by atoms with E-state index in [0.717, 1.165) is 8.95 Å². The number of halogens is 2. The molecule has 0 saturated carbocycles. The van der Waals surface area contributed by atoms with E-state index in [1.165, 1.54) is 0 Å². The van der Waals surface area contributed by atoms with Crippen LogP contribution in [0.3, 0.4) is 0 Å². The third kappa shape index (κ3) is 3.06. The van der Waals surface area contributed by atoms with Crippen molar-refractivity contribution in [1.82, 2.24) is 4.90 Å². The van der Waals surface area contributed by atoms with Gasteiger partial charge >= 0.3 is 5.97 Å². The highest BCUT2D eigenvalue weighted by atomic mass is 79.9. The molecule has 0 unspecified atom stereocenters. The molecule has 1 aliphatic rings. The summed E-state index contributed by atoms with van der Waals surface area (Å²) in [6.07, 6.45) is 0.972. The average Bonchev–Trinajstić information content (AvgIpc) is 2.41. The minimum Gasteiger partial charge on any atom is -0.481 e. The molecule has 0 bridgehead atoms.